The Labute approximate surface area is 402 Å². The molecular formula is C60H117NO3. The van der Waals surface area contributed by atoms with E-state index < -0.39 is 12.1 Å². The van der Waals surface area contributed by atoms with Gasteiger partial charge in [-0.1, -0.05) is 308 Å². The minimum atomic E-state index is -0.656. The van der Waals surface area contributed by atoms with Crippen LogP contribution in [0.3, 0.4) is 0 Å². The fraction of sp³-hybridized carbons (Fsp3) is 0.917. The average Bonchev–Trinajstić information content (AvgIpc) is 3.30. The molecule has 0 aliphatic rings. The van der Waals surface area contributed by atoms with Crippen molar-refractivity contribution in [3.63, 3.8) is 0 Å². The highest BCUT2D eigenvalue weighted by atomic mass is 16.3. The first-order valence-electron chi connectivity index (χ1n) is 29.5. The topological polar surface area (TPSA) is 69.6 Å². The number of carbonyl (C=O) groups is 1. The molecule has 0 saturated heterocycles. The zero-order chi connectivity index (χ0) is 46.3. The lowest BCUT2D eigenvalue weighted by molar-refractivity contribution is -0.123. The summed E-state index contributed by atoms with van der Waals surface area (Å²) in [4.78, 5) is 12.5. The number of hydrogen-bond donors (Lipinski definition) is 3. The third-order valence-corrected chi connectivity index (χ3v) is 14.0. The molecule has 0 spiro atoms. The molecule has 0 heterocycles. The first kappa shape index (κ1) is 62.9. The van der Waals surface area contributed by atoms with Crippen LogP contribution in [0.15, 0.2) is 24.3 Å². The van der Waals surface area contributed by atoms with E-state index in [1.54, 1.807) is 0 Å². The Morgan fingerprint density at radius 2 is 0.641 bits per heavy atom. The Hall–Kier alpha value is -1.13. The van der Waals surface area contributed by atoms with Crippen molar-refractivity contribution in [2.45, 2.75) is 347 Å². The summed E-state index contributed by atoms with van der Waals surface area (Å²) >= 11 is 0. The number of rotatable bonds is 55. The lowest BCUT2D eigenvalue weighted by atomic mass is 10.0. The number of aliphatic hydroxyl groups excluding tert-OH is 2. The van der Waals surface area contributed by atoms with Gasteiger partial charge in [0.15, 0.2) is 0 Å². The van der Waals surface area contributed by atoms with Gasteiger partial charge in [0.2, 0.25) is 5.91 Å². The zero-order valence-electron chi connectivity index (χ0n) is 43.8. The van der Waals surface area contributed by atoms with E-state index in [9.17, 15) is 15.0 Å². The van der Waals surface area contributed by atoms with Crippen molar-refractivity contribution in [1.29, 1.82) is 0 Å². The quantitative estimate of drug-likeness (QED) is 0.0421. The second-order valence-corrected chi connectivity index (χ2v) is 20.4. The first-order chi connectivity index (χ1) is 31.7. The minimum Gasteiger partial charge on any atom is -0.394 e. The van der Waals surface area contributed by atoms with Crippen LogP contribution in [0, 0.1) is 0 Å². The van der Waals surface area contributed by atoms with Gasteiger partial charge in [-0.25, -0.2) is 0 Å². The second-order valence-electron chi connectivity index (χ2n) is 20.4. The fourth-order valence-electron chi connectivity index (χ4n) is 9.45. The summed E-state index contributed by atoms with van der Waals surface area (Å²) in [5, 5.41) is 23.3. The lowest BCUT2D eigenvalue weighted by Crippen LogP contribution is -2.45. The van der Waals surface area contributed by atoms with Crippen LogP contribution in [0.25, 0.3) is 0 Å². The predicted molar refractivity (Wildman–Crippen MR) is 286 cm³/mol. The fourth-order valence-corrected chi connectivity index (χ4v) is 9.45. The SMILES string of the molecule is CCCCCCC/C=C\C/C=C\CCCCCCCCCCCCCCCCCCCCCCCCCC(=O)NC(CO)C(O)CCCCCCCCCCCCCCCCCCC. The van der Waals surface area contributed by atoms with E-state index in [2.05, 4.69) is 43.5 Å². The highest BCUT2D eigenvalue weighted by molar-refractivity contribution is 5.76. The van der Waals surface area contributed by atoms with E-state index in [0.717, 1.165) is 32.1 Å². The lowest BCUT2D eigenvalue weighted by Gasteiger charge is -2.22. The molecule has 4 heteroatoms. The van der Waals surface area contributed by atoms with Crippen LogP contribution in [0.4, 0.5) is 0 Å². The molecule has 3 N–H and O–H groups in total. The molecule has 0 bridgehead atoms. The van der Waals surface area contributed by atoms with Gasteiger partial charge in [0.05, 0.1) is 18.8 Å². The summed E-state index contributed by atoms with van der Waals surface area (Å²) in [7, 11) is 0. The number of nitrogens with one attached hydrogen (secondary N) is 1. The first-order valence-corrected chi connectivity index (χ1v) is 29.5. The van der Waals surface area contributed by atoms with E-state index >= 15 is 0 Å². The monoisotopic (exact) mass is 900 g/mol. The molecule has 64 heavy (non-hydrogen) atoms. The summed E-state index contributed by atoms with van der Waals surface area (Å²) < 4.78 is 0. The van der Waals surface area contributed by atoms with Crippen molar-refractivity contribution in [2.75, 3.05) is 6.61 Å². The number of amides is 1. The van der Waals surface area contributed by atoms with Gasteiger partial charge in [-0.05, 0) is 44.9 Å². The van der Waals surface area contributed by atoms with Crippen molar-refractivity contribution < 1.29 is 15.0 Å². The maximum absolute atomic E-state index is 12.5. The summed E-state index contributed by atoms with van der Waals surface area (Å²) in [5.74, 6) is -0.0241. The Kier molecular flexibility index (Phi) is 55.2. The van der Waals surface area contributed by atoms with Crippen LogP contribution in [-0.2, 0) is 4.79 Å². The maximum atomic E-state index is 12.5. The van der Waals surface area contributed by atoms with Gasteiger partial charge in [0, 0.05) is 6.42 Å². The van der Waals surface area contributed by atoms with E-state index in [4.69, 9.17) is 0 Å². The van der Waals surface area contributed by atoms with Crippen molar-refractivity contribution in [2.24, 2.45) is 0 Å². The molecule has 0 radical (unpaired) electrons. The van der Waals surface area contributed by atoms with Gasteiger partial charge >= 0.3 is 0 Å². The highest BCUT2D eigenvalue weighted by Crippen LogP contribution is 2.18. The summed E-state index contributed by atoms with van der Waals surface area (Å²) in [6.07, 6.45) is 74.7. The average molecular weight is 901 g/mol. The molecule has 0 aliphatic carbocycles. The molecule has 1 amide bonds. The van der Waals surface area contributed by atoms with Crippen molar-refractivity contribution in [3.05, 3.63) is 24.3 Å². The molecule has 0 aromatic carbocycles. The molecule has 0 saturated carbocycles. The van der Waals surface area contributed by atoms with Crippen LogP contribution in [-0.4, -0.2) is 34.9 Å². The van der Waals surface area contributed by atoms with Gasteiger partial charge in [0.25, 0.3) is 0 Å². The van der Waals surface area contributed by atoms with Crippen LogP contribution >= 0.6 is 0 Å². The van der Waals surface area contributed by atoms with Gasteiger partial charge in [0.1, 0.15) is 0 Å². The summed E-state index contributed by atoms with van der Waals surface area (Å²) in [6.45, 7) is 4.38. The van der Waals surface area contributed by atoms with Gasteiger partial charge in [-0.15, -0.1) is 0 Å². The van der Waals surface area contributed by atoms with Crippen LogP contribution in [0.5, 0.6) is 0 Å². The molecule has 0 aromatic rings. The third-order valence-electron chi connectivity index (χ3n) is 14.0. The molecule has 0 aliphatic heterocycles. The van der Waals surface area contributed by atoms with E-state index in [1.165, 1.54) is 276 Å². The minimum absolute atomic E-state index is 0.0241. The zero-order valence-corrected chi connectivity index (χ0v) is 43.8. The number of carbonyl (C=O) groups excluding carboxylic acids is 1. The number of unbranched alkanes of at least 4 members (excludes halogenated alkanes) is 44. The molecule has 2 unspecified atom stereocenters. The van der Waals surface area contributed by atoms with Crippen molar-refractivity contribution in [3.8, 4) is 0 Å². The molecule has 2 atom stereocenters. The van der Waals surface area contributed by atoms with E-state index in [1.807, 2.05) is 0 Å². The molecule has 0 rings (SSSR count). The molecular weight excluding hydrogens is 783 g/mol. The molecule has 380 valence electrons. The van der Waals surface area contributed by atoms with Crippen LogP contribution in [0.2, 0.25) is 0 Å². The molecule has 4 nitrogen and oxygen atoms in total. The predicted octanol–water partition coefficient (Wildman–Crippen LogP) is 19.5. The Morgan fingerprint density at radius 3 is 0.938 bits per heavy atom. The molecule has 0 fully saturated rings. The van der Waals surface area contributed by atoms with Crippen molar-refractivity contribution >= 4 is 5.91 Å². The normalized spacial score (nSPS) is 12.9. The smallest absolute Gasteiger partial charge is 0.220 e. The van der Waals surface area contributed by atoms with Gasteiger partial charge < -0.3 is 15.5 Å². The Balaban J connectivity index is 3.38. The third kappa shape index (κ3) is 51.8. The Morgan fingerprint density at radius 1 is 0.375 bits per heavy atom. The number of aliphatic hydroxyl groups is 2. The van der Waals surface area contributed by atoms with Crippen LogP contribution in [0.1, 0.15) is 335 Å². The summed E-state index contributed by atoms with van der Waals surface area (Å²) in [6, 6.07) is -0.533. The number of hydrogen-bond acceptors (Lipinski definition) is 3. The number of allylic oxidation sites excluding steroid dienone is 4. The Bertz CT molecular complexity index is 932. The van der Waals surface area contributed by atoms with Crippen molar-refractivity contribution in [1.82, 2.24) is 5.32 Å². The van der Waals surface area contributed by atoms with E-state index in [0.29, 0.717) is 12.8 Å². The van der Waals surface area contributed by atoms with Gasteiger partial charge in [-0.3, -0.25) is 4.79 Å². The standard InChI is InChI=1S/C60H117NO3/c1-3-5-7-9-11-13-15-17-19-21-22-23-24-25-26-27-28-29-30-31-32-33-34-35-36-37-38-40-42-44-46-48-50-52-54-56-60(64)61-58(57-62)59(63)55-53-51-49-47-45-43-41-39-20-18-16-14-12-10-8-6-4-2/h15,17,21-22,58-59,62-63H,3-14,16,18-20,23-57H2,1-2H3,(H,61,64)/b17-15-,22-21-. The van der Waals surface area contributed by atoms with Gasteiger partial charge in [-0.2, -0.15) is 0 Å². The van der Waals surface area contributed by atoms with E-state index in [-0.39, 0.29) is 12.5 Å². The largest absolute Gasteiger partial charge is 0.394 e. The second kappa shape index (κ2) is 56.2. The molecule has 0 aromatic heterocycles. The van der Waals surface area contributed by atoms with Crippen LogP contribution < -0.4 is 5.32 Å². The maximum Gasteiger partial charge on any atom is 0.220 e. The summed E-state index contributed by atoms with van der Waals surface area (Å²) in [5.41, 5.74) is 0. The highest BCUT2D eigenvalue weighted by Gasteiger charge is 2.20.